The summed E-state index contributed by atoms with van der Waals surface area (Å²) in [5.41, 5.74) is 7.27. The number of ether oxygens (including phenoxy) is 1. The lowest BCUT2D eigenvalue weighted by atomic mass is 9.90. The molecular formula is C29H32FNO3. The van der Waals surface area contributed by atoms with Crippen LogP contribution in [-0.4, -0.2) is 22.1 Å². The number of carbonyl (C=O) groups is 1. The smallest absolute Gasteiger partial charge is 0.411 e. The minimum absolute atomic E-state index is 0.0609. The van der Waals surface area contributed by atoms with Gasteiger partial charge in [0.25, 0.3) is 0 Å². The lowest BCUT2D eigenvalue weighted by molar-refractivity contribution is 0.130. The van der Waals surface area contributed by atoms with Crippen LogP contribution in [0.25, 0.3) is 11.1 Å². The standard InChI is InChI=1S/C29H32FNO3/c1-17(2)25-14-26(19(4)12-27(25)30)24-10-9-18(3)11-23(24)15-31-20(5)28(34-29(31)33)22-8-6-7-21(13-22)16-32/h6-14,17,20,28,32H,15-16H2,1-5H3/t20-,28-/m0/s1. The van der Waals surface area contributed by atoms with Gasteiger partial charge in [0, 0.05) is 0 Å². The molecule has 1 heterocycles. The zero-order valence-electron chi connectivity index (χ0n) is 20.4. The highest BCUT2D eigenvalue weighted by molar-refractivity contribution is 5.74. The zero-order chi connectivity index (χ0) is 24.6. The van der Waals surface area contributed by atoms with E-state index in [1.54, 1.807) is 11.0 Å². The largest absolute Gasteiger partial charge is 0.439 e. The normalized spacial score (nSPS) is 18.0. The minimum Gasteiger partial charge on any atom is -0.439 e. The van der Waals surface area contributed by atoms with Crippen molar-refractivity contribution in [3.05, 3.63) is 93.8 Å². The van der Waals surface area contributed by atoms with Gasteiger partial charge in [-0.1, -0.05) is 55.8 Å². The molecule has 0 spiro atoms. The molecule has 1 aliphatic rings. The fraction of sp³-hybridized carbons (Fsp3) is 0.345. The van der Waals surface area contributed by atoms with Crippen LogP contribution < -0.4 is 0 Å². The van der Waals surface area contributed by atoms with Crippen LogP contribution in [0.15, 0.2) is 54.6 Å². The number of cyclic esters (lactones) is 1. The summed E-state index contributed by atoms with van der Waals surface area (Å²) in [6.07, 6.45) is -0.773. The van der Waals surface area contributed by atoms with Gasteiger partial charge in [0.05, 0.1) is 19.2 Å². The molecule has 4 nitrogen and oxygen atoms in total. The summed E-state index contributed by atoms with van der Waals surface area (Å²) < 4.78 is 20.3. The molecule has 0 aliphatic carbocycles. The lowest BCUT2D eigenvalue weighted by Crippen LogP contribution is -2.31. The molecule has 2 atom stereocenters. The van der Waals surface area contributed by atoms with E-state index < -0.39 is 6.10 Å². The summed E-state index contributed by atoms with van der Waals surface area (Å²) >= 11 is 0. The van der Waals surface area contributed by atoms with Crippen molar-refractivity contribution in [2.75, 3.05) is 0 Å². The number of hydrogen-bond donors (Lipinski definition) is 1. The third-order valence-electron chi connectivity index (χ3n) is 6.71. The molecule has 0 radical (unpaired) electrons. The second kappa shape index (κ2) is 9.59. The highest BCUT2D eigenvalue weighted by Gasteiger charge is 2.40. The van der Waals surface area contributed by atoms with Crippen molar-refractivity contribution < 1.29 is 19.0 Å². The first-order valence-corrected chi connectivity index (χ1v) is 11.8. The van der Waals surface area contributed by atoms with E-state index >= 15 is 0 Å². The number of aryl methyl sites for hydroxylation is 2. The van der Waals surface area contributed by atoms with Crippen LogP contribution >= 0.6 is 0 Å². The number of rotatable bonds is 6. The van der Waals surface area contributed by atoms with Crippen LogP contribution in [0.3, 0.4) is 0 Å². The molecule has 3 aromatic carbocycles. The number of halogens is 1. The van der Waals surface area contributed by atoms with Gasteiger partial charge in [-0.3, -0.25) is 4.90 Å². The van der Waals surface area contributed by atoms with Crippen LogP contribution in [-0.2, 0) is 17.9 Å². The maximum absolute atomic E-state index is 14.6. The Kier molecular flexibility index (Phi) is 6.76. The molecule has 1 aliphatic heterocycles. The van der Waals surface area contributed by atoms with Crippen LogP contribution in [0.1, 0.15) is 66.2 Å². The Morgan fingerprint density at radius 1 is 1.06 bits per heavy atom. The molecule has 0 unspecified atom stereocenters. The third-order valence-corrected chi connectivity index (χ3v) is 6.71. The van der Waals surface area contributed by atoms with E-state index in [-0.39, 0.29) is 30.5 Å². The van der Waals surface area contributed by atoms with Gasteiger partial charge in [-0.25, -0.2) is 9.18 Å². The fourth-order valence-electron chi connectivity index (χ4n) is 4.75. The molecule has 0 bridgehead atoms. The number of aliphatic hydroxyl groups excluding tert-OH is 1. The topological polar surface area (TPSA) is 49.8 Å². The molecule has 1 fully saturated rings. The van der Waals surface area contributed by atoms with Crippen molar-refractivity contribution in [1.82, 2.24) is 4.90 Å². The van der Waals surface area contributed by atoms with E-state index in [0.29, 0.717) is 12.1 Å². The van der Waals surface area contributed by atoms with Gasteiger partial charge in [-0.15, -0.1) is 0 Å². The van der Waals surface area contributed by atoms with Gasteiger partial charge in [0.15, 0.2) is 0 Å². The van der Waals surface area contributed by atoms with E-state index in [4.69, 9.17) is 4.74 Å². The van der Waals surface area contributed by atoms with Crippen molar-refractivity contribution in [2.24, 2.45) is 0 Å². The highest BCUT2D eigenvalue weighted by Crippen LogP contribution is 2.37. The number of amides is 1. The van der Waals surface area contributed by atoms with Crippen LogP contribution in [0.4, 0.5) is 9.18 Å². The maximum Gasteiger partial charge on any atom is 0.411 e. The maximum atomic E-state index is 14.6. The van der Waals surface area contributed by atoms with Crippen molar-refractivity contribution in [2.45, 2.75) is 65.8 Å². The molecule has 4 rings (SSSR count). The molecule has 0 aromatic heterocycles. The van der Waals surface area contributed by atoms with E-state index in [9.17, 15) is 14.3 Å². The summed E-state index contributed by atoms with van der Waals surface area (Å²) in [6.45, 7) is 10.2. The second-order valence-electron chi connectivity index (χ2n) is 9.58. The molecule has 0 saturated carbocycles. The molecule has 3 aromatic rings. The van der Waals surface area contributed by atoms with Gasteiger partial charge in [-0.05, 0) is 83.8 Å². The molecule has 1 saturated heterocycles. The number of benzene rings is 3. The first-order chi connectivity index (χ1) is 16.2. The zero-order valence-corrected chi connectivity index (χ0v) is 20.4. The van der Waals surface area contributed by atoms with Gasteiger partial charge in [0.2, 0.25) is 0 Å². The van der Waals surface area contributed by atoms with Crippen molar-refractivity contribution in [3.8, 4) is 11.1 Å². The number of hydrogen-bond acceptors (Lipinski definition) is 3. The lowest BCUT2D eigenvalue weighted by Gasteiger charge is -2.23. The van der Waals surface area contributed by atoms with Gasteiger partial charge in [0.1, 0.15) is 11.9 Å². The monoisotopic (exact) mass is 461 g/mol. The molecule has 34 heavy (non-hydrogen) atoms. The predicted molar refractivity (Wildman–Crippen MR) is 132 cm³/mol. The molecule has 1 N–H and O–H groups in total. The second-order valence-corrected chi connectivity index (χ2v) is 9.58. The molecule has 178 valence electrons. The molecule has 5 heteroatoms. The van der Waals surface area contributed by atoms with E-state index in [0.717, 1.165) is 38.9 Å². The van der Waals surface area contributed by atoms with Crippen molar-refractivity contribution in [3.63, 3.8) is 0 Å². The number of carbonyl (C=O) groups excluding carboxylic acids is 1. The quantitative estimate of drug-likeness (QED) is 0.439. The first kappa shape index (κ1) is 24.0. The Hall–Kier alpha value is -3.18. The number of aliphatic hydroxyl groups is 1. The SMILES string of the molecule is Cc1ccc(-c2cc(C(C)C)c(F)cc2C)c(CN2C(=O)O[C@H](c3cccc(CO)c3)[C@@H]2C)c1. The Morgan fingerprint density at radius 3 is 2.53 bits per heavy atom. The average Bonchev–Trinajstić information content (AvgIpc) is 3.08. The Morgan fingerprint density at radius 2 is 1.82 bits per heavy atom. The van der Waals surface area contributed by atoms with Gasteiger partial charge < -0.3 is 9.84 Å². The van der Waals surface area contributed by atoms with Crippen molar-refractivity contribution >= 4 is 6.09 Å². The number of nitrogens with zero attached hydrogens (tertiary/aromatic N) is 1. The first-order valence-electron chi connectivity index (χ1n) is 11.8. The summed E-state index contributed by atoms with van der Waals surface area (Å²) in [7, 11) is 0. The summed E-state index contributed by atoms with van der Waals surface area (Å²) in [4.78, 5) is 14.7. The summed E-state index contributed by atoms with van der Waals surface area (Å²) in [5.74, 6) is -0.119. The Bertz CT molecular complexity index is 1220. The Labute approximate surface area is 201 Å². The van der Waals surface area contributed by atoms with Gasteiger partial charge >= 0.3 is 6.09 Å². The molecule has 1 amide bonds. The highest BCUT2D eigenvalue weighted by atomic mass is 19.1. The Balaban J connectivity index is 1.70. The van der Waals surface area contributed by atoms with Gasteiger partial charge in [-0.2, -0.15) is 0 Å². The fourth-order valence-corrected chi connectivity index (χ4v) is 4.75. The van der Waals surface area contributed by atoms with Crippen LogP contribution in [0, 0.1) is 19.7 Å². The van der Waals surface area contributed by atoms with Crippen molar-refractivity contribution in [1.29, 1.82) is 0 Å². The summed E-state index contributed by atoms with van der Waals surface area (Å²) in [6, 6.07) is 17.1. The minimum atomic E-state index is -0.410. The molecular weight excluding hydrogens is 429 g/mol. The summed E-state index contributed by atoms with van der Waals surface area (Å²) in [5, 5.41) is 9.49. The van der Waals surface area contributed by atoms with E-state index in [2.05, 4.69) is 12.1 Å². The predicted octanol–water partition coefficient (Wildman–Crippen LogP) is 6.81. The van der Waals surface area contributed by atoms with Crippen LogP contribution in [0.5, 0.6) is 0 Å². The van der Waals surface area contributed by atoms with E-state index in [1.807, 2.05) is 71.0 Å². The third kappa shape index (κ3) is 4.58. The average molecular weight is 462 g/mol. The van der Waals surface area contributed by atoms with Crippen LogP contribution in [0.2, 0.25) is 0 Å². The van der Waals surface area contributed by atoms with E-state index in [1.165, 1.54) is 0 Å².